The van der Waals surface area contributed by atoms with Crippen LogP contribution in [0.1, 0.15) is 39.5 Å². The molecule has 106 valence electrons. The molecule has 4 fully saturated rings. The molecule has 3 nitrogen and oxygen atoms in total. The van der Waals surface area contributed by atoms with Gasteiger partial charge in [0, 0.05) is 17.4 Å². The second kappa shape index (κ2) is 3.00. The minimum absolute atomic E-state index is 0.0719. The molecule has 0 radical (unpaired) electrons. The Bertz CT molecular complexity index is 449. The minimum Gasteiger partial charge on any atom is -0.463 e. The average Bonchev–Trinajstić information content (AvgIpc) is 2.23. The summed E-state index contributed by atoms with van der Waals surface area (Å²) >= 11 is 0. The van der Waals surface area contributed by atoms with E-state index in [0.29, 0.717) is 6.61 Å². The van der Waals surface area contributed by atoms with Crippen LogP contribution < -0.4 is 0 Å². The Labute approximate surface area is 112 Å². The van der Waals surface area contributed by atoms with Crippen molar-refractivity contribution in [3.05, 3.63) is 0 Å². The lowest BCUT2D eigenvalue weighted by Gasteiger charge is -2.95. The Morgan fingerprint density at radius 3 is 2.21 bits per heavy atom. The van der Waals surface area contributed by atoms with Crippen molar-refractivity contribution in [3.8, 4) is 0 Å². The lowest BCUT2D eigenvalue weighted by atomic mass is 9.09. The number of rotatable bonds is 4. The largest absolute Gasteiger partial charge is 0.463 e. The molecular formula is C15H21FO3. The maximum atomic E-state index is 13.5. The fourth-order valence-corrected chi connectivity index (χ4v) is 6.49. The first-order valence-corrected chi connectivity index (χ1v) is 7.28. The minimum atomic E-state index is -1.91. The van der Waals surface area contributed by atoms with Crippen LogP contribution in [0.2, 0.25) is 0 Å². The Morgan fingerprint density at radius 2 is 1.79 bits per heavy atom. The highest BCUT2D eigenvalue weighted by atomic mass is 19.1. The maximum Gasteiger partial charge on any atom is 0.343 e. The van der Waals surface area contributed by atoms with Crippen molar-refractivity contribution in [1.29, 1.82) is 0 Å². The molecule has 4 aliphatic rings. The lowest BCUT2D eigenvalue weighted by molar-refractivity contribution is -0.487. The average molecular weight is 268 g/mol. The maximum absolute atomic E-state index is 13.5. The predicted molar refractivity (Wildman–Crippen MR) is 66.0 cm³/mol. The van der Waals surface area contributed by atoms with E-state index in [4.69, 9.17) is 4.74 Å². The monoisotopic (exact) mass is 268 g/mol. The molecule has 0 amide bonds. The number of aliphatic hydroxyl groups excluding tert-OH is 1. The zero-order chi connectivity index (χ0) is 13.7. The van der Waals surface area contributed by atoms with E-state index >= 15 is 0 Å². The number of ether oxygens (including phenoxy) is 1. The van der Waals surface area contributed by atoms with Gasteiger partial charge in [-0.05, 0) is 56.8 Å². The number of hydrogen-bond acceptors (Lipinski definition) is 3. The molecule has 0 aromatic carbocycles. The van der Waals surface area contributed by atoms with Crippen LogP contribution in [0.15, 0.2) is 0 Å². The van der Waals surface area contributed by atoms with Crippen molar-refractivity contribution >= 4 is 5.97 Å². The van der Waals surface area contributed by atoms with Gasteiger partial charge in [0.2, 0.25) is 5.67 Å². The van der Waals surface area contributed by atoms with Gasteiger partial charge in [0.1, 0.15) is 0 Å². The first-order valence-electron chi connectivity index (χ1n) is 7.28. The smallest absolute Gasteiger partial charge is 0.343 e. The molecule has 1 N–H and O–H groups in total. The summed E-state index contributed by atoms with van der Waals surface area (Å²) in [6, 6.07) is 0. The highest BCUT2D eigenvalue weighted by Gasteiger charge is 2.93. The molecule has 2 atom stereocenters. The Balaban J connectivity index is 1.48. The summed E-state index contributed by atoms with van der Waals surface area (Å²) in [6.45, 7) is 3.10. The van der Waals surface area contributed by atoms with Gasteiger partial charge in [0.25, 0.3) is 0 Å². The molecule has 1 spiro atoms. The van der Waals surface area contributed by atoms with Crippen molar-refractivity contribution in [1.82, 2.24) is 0 Å². The second-order valence-corrected chi connectivity index (χ2v) is 7.85. The molecule has 4 rings (SSSR count). The van der Waals surface area contributed by atoms with Gasteiger partial charge in [-0.25, -0.2) is 9.18 Å². The van der Waals surface area contributed by atoms with Gasteiger partial charge in [-0.1, -0.05) is 0 Å². The van der Waals surface area contributed by atoms with Crippen LogP contribution in [0.3, 0.4) is 0 Å². The Kier molecular flexibility index (Phi) is 1.91. The zero-order valence-electron chi connectivity index (χ0n) is 11.5. The molecule has 0 aromatic rings. The first kappa shape index (κ1) is 12.1. The molecule has 0 bridgehead atoms. The molecule has 0 aliphatic heterocycles. The number of alkyl halides is 1. The molecule has 4 saturated carbocycles. The normalized spacial score (nSPS) is 52.6. The Hall–Kier alpha value is -0.640. The molecule has 4 heteroatoms. The van der Waals surface area contributed by atoms with Gasteiger partial charge in [-0.3, -0.25) is 0 Å². The summed E-state index contributed by atoms with van der Waals surface area (Å²) in [4.78, 5) is 11.6. The van der Waals surface area contributed by atoms with Crippen LogP contribution in [-0.4, -0.2) is 30.0 Å². The summed E-state index contributed by atoms with van der Waals surface area (Å²) in [5.41, 5.74) is -1.46. The van der Waals surface area contributed by atoms with Gasteiger partial charge < -0.3 is 9.84 Å². The summed E-state index contributed by atoms with van der Waals surface area (Å²) in [7, 11) is 0. The number of aliphatic hydroxyl groups is 1. The van der Waals surface area contributed by atoms with E-state index in [-0.39, 0.29) is 22.9 Å². The van der Waals surface area contributed by atoms with E-state index in [1.807, 2.05) is 0 Å². The van der Waals surface area contributed by atoms with Gasteiger partial charge in [-0.2, -0.15) is 0 Å². The van der Waals surface area contributed by atoms with E-state index in [2.05, 4.69) is 0 Å². The number of esters is 1. The molecule has 0 aromatic heterocycles. The summed E-state index contributed by atoms with van der Waals surface area (Å²) in [5.74, 6) is 0.701. The highest BCUT2D eigenvalue weighted by molar-refractivity contribution is 5.78. The lowest BCUT2D eigenvalue weighted by Crippen LogP contribution is -2.91. The van der Waals surface area contributed by atoms with Gasteiger partial charge >= 0.3 is 5.97 Å². The summed E-state index contributed by atoms with van der Waals surface area (Å²) in [6.07, 6.45) is 4.49. The molecule has 2 unspecified atom stereocenters. The quantitative estimate of drug-likeness (QED) is 0.794. The molecule has 19 heavy (non-hydrogen) atoms. The van der Waals surface area contributed by atoms with E-state index in [0.717, 1.165) is 37.5 Å². The van der Waals surface area contributed by atoms with E-state index < -0.39 is 11.6 Å². The van der Waals surface area contributed by atoms with Crippen LogP contribution in [0, 0.1) is 28.1 Å². The molecular weight excluding hydrogens is 247 g/mol. The summed E-state index contributed by atoms with van der Waals surface area (Å²) in [5, 5.41) is 9.68. The van der Waals surface area contributed by atoms with Crippen LogP contribution in [0.5, 0.6) is 0 Å². The molecule has 0 saturated heterocycles. The van der Waals surface area contributed by atoms with Gasteiger partial charge in [-0.15, -0.1) is 0 Å². The number of halogens is 1. The van der Waals surface area contributed by atoms with Crippen LogP contribution in [-0.2, 0) is 9.53 Å². The van der Waals surface area contributed by atoms with E-state index in [1.165, 1.54) is 13.8 Å². The predicted octanol–water partition coefficient (Wildman–Crippen LogP) is 2.08. The van der Waals surface area contributed by atoms with Crippen LogP contribution in [0.25, 0.3) is 0 Å². The SMILES string of the molecule is CC(C)(F)C(=O)OCC12CC3CC4(CO)CC(C1)C342. The van der Waals surface area contributed by atoms with Crippen LogP contribution >= 0.6 is 0 Å². The van der Waals surface area contributed by atoms with Crippen LogP contribution in [0.4, 0.5) is 4.39 Å². The van der Waals surface area contributed by atoms with Crippen molar-refractivity contribution < 1.29 is 19.0 Å². The standard InChI is InChI=1S/C15H21FO3/c1-12(2,16)11(18)19-8-14-5-9-3-13(7-17)4-10(6-14)15(9,13)14/h9-10,17H,3-8H2,1-2H3. The fraction of sp³-hybridized carbons (Fsp3) is 0.933. The van der Waals surface area contributed by atoms with Gasteiger partial charge in [0.05, 0.1) is 6.61 Å². The third-order valence-corrected chi connectivity index (χ3v) is 6.86. The molecule has 4 aliphatic carbocycles. The second-order valence-electron chi connectivity index (χ2n) is 7.85. The van der Waals surface area contributed by atoms with Gasteiger partial charge in [0.15, 0.2) is 0 Å². The number of hydrogen-bond donors (Lipinski definition) is 1. The number of carbonyl (C=O) groups is 1. The third-order valence-electron chi connectivity index (χ3n) is 6.86. The van der Waals surface area contributed by atoms with Crippen molar-refractivity contribution in [2.45, 2.75) is 45.2 Å². The Morgan fingerprint density at radius 1 is 1.26 bits per heavy atom. The third kappa shape index (κ3) is 0.989. The van der Waals surface area contributed by atoms with E-state index in [1.54, 1.807) is 0 Å². The highest BCUT2D eigenvalue weighted by Crippen LogP contribution is 2.97. The zero-order valence-corrected chi connectivity index (χ0v) is 11.5. The number of carbonyl (C=O) groups excluding carboxylic acids is 1. The van der Waals surface area contributed by atoms with E-state index in [9.17, 15) is 14.3 Å². The van der Waals surface area contributed by atoms with Crippen molar-refractivity contribution in [2.75, 3.05) is 13.2 Å². The topological polar surface area (TPSA) is 46.5 Å². The fourth-order valence-electron chi connectivity index (χ4n) is 6.49. The van der Waals surface area contributed by atoms with Crippen molar-refractivity contribution in [3.63, 3.8) is 0 Å². The van der Waals surface area contributed by atoms with Crippen molar-refractivity contribution in [2.24, 2.45) is 28.1 Å². The molecule has 0 heterocycles. The summed E-state index contributed by atoms with van der Waals surface area (Å²) < 4.78 is 18.7. The first-order chi connectivity index (χ1) is 8.81.